The van der Waals surface area contributed by atoms with Crippen molar-refractivity contribution in [2.75, 3.05) is 0 Å². The molecule has 0 aliphatic heterocycles. The number of rotatable bonds is 1. The zero-order valence-electron chi connectivity index (χ0n) is 9.05. The molecule has 3 heteroatoms. The Kier molecular flexibility index (Phi) is 2.11. The van der Waals surface area contributed by atoms with E-state index in [1.807, 2.05) is 12.1 Å². The van der Waals surface area contributed by atoms with Gasteiger partial charge < -0.3 is 5.73 Å². The highest BCUT2D eigenvalue weighted by Gasteiger charge is 2.61. The summed E-state index contributed by atoms with van der Waals surface area (Å²) in [5, 5.41) is 0.545. The lowest BCUT2D eigenvalue weighted by Gasteiger charge is -2.59. The van der Waals surface area contributed by atoms with Crippen LogP contribution in [0.3, 0.4) is 0 Å². The van der Waals surface area contributed by atoms with Gasteiger partial charge in [-0.1, -0.05) is 29.8 Å². The first-order chi connectivity index (χ1) is 7.53. The zero-order chi connectivity index (χ0) is 11.4. The van der Waals surface area contributed by atoms with Crippen molar-refractivity contribution in [3.05, 3.63) is 34.9 Å². The van der Waals surface area contributed by atoms with Crippen LogP contribution in [0.1, 0.15) is 31.2 Å². The molecule has 2 fully saturated rings. The lowest BCUT2D eigenvalue weighted by atomic mass is 9.48. The molecule has 0 atom stereocenters. The van der Waals surface area contributed by atoms with Crippen LogP contribution in [0.25, 0.3) is 0 Å². The molecule has 1 aromatic rings. The third kappa shape index (κ3) is 1.40. The van der Waals surface area contributed by atoms with Gasteiger partial charge in [0.1, 0.15) is 5.67 Å². The minimum atomic E-state index is -1.21. The van der Waals surface area contributed by atoms with Crippen molar-refractivity contribution in [2.24, 2.45) is 11.1 Å². The molecule has 0 saturated heterocycles. The van der Waals surface area contributed by atoms with Gasteiger partial charge in [-0.15, -0.1) is 0 Å². The van der Waals surface area contributed by atoms with E-state index in [-0.39, 0.29) is 11.5 Å². The van der Waals surface area contributed by atoms with E-state index in [2.05, 4.69) is 0 Å². The highest BCUT2D eigenvalue weighted by molar-refractivity contribution is 6.31. The fraction of sp³-hybridized carbons (Fsp3) is 0.538. The Bertz CT molecular complexity index is 418. The van der Waals surface area contributed by atoms with Gasteiger partial charge in [0.2, 0.25) is 0 Å². The first kappa shape index (κ1) is 10.5. The number of nitrogens with two attached hydrogens (primary N) is 1. The largest absolute Gasteiger partial charge is 0.328 e. The van der Waals surface area contributed by atoms with Crippen LogP contribution in [0.4, 0.5) is 4.39 Å². The summed E-state index contributed by atoms with van der Waals surface area (Å²) >= 11 is 6.04. The van der Waals surface area contributed by atoms with E-state index in [9.17, 15) is 4.39 Å². The Morgan fingerprint density at radius 2 is 1.88 bits per heavy atom. The highest BCUT2D eigenvalue weighted by atomic mass is 35.5. The van der Waals surface area contributed by atoms with Gasteiger partial charge in [-0.3, -0.25) is 0 Å². The molecule has 2 aliphatic carbocycles. The lowest BCUT2D eigenvalue weighted by molar-refractivity contribution is -0.127. The first-order valence-corrected chi connectivity index (χ1v) is 6.10. The van der Waals surface area contributed by atoms with Crippen molar-refractivity contribution >= 4 is 11.6 Å². The summed E-state index contributed by atoms with van der Waals surface area (Å²) in [6.07, 6.45) is 3.14. The highest BCUT2D eigenvalue weighted by Crippen LogP contribution is 2.65. The molecular formula is C13H15ClFN. The average molecular weight is 240 g/mol. The van der Waals surface area contributed by atoms with Crippen LogP contribution in [0.15, 0.2) is 24.3 Å². The summed E-state index contributed by atoms with van der Waals surface area (Å²) in [5.74, 6) is 0. The van der Waals surface area contributed by atoms with E-state index >= 15 is 0 Å². The topological polar surface area (TPSA) is 26.0 Å². The quantitative estimate of drug-likeness (QED) is 0.799. The molecule has 16 heavy (non-hydrogen) atoms. The van der Waals surface area contributed by atoms with Gasteiger partial charge >= 0.3 is 0 Å². The third-order valence-electron chi connectivity index (χ3n) is 4.06. The fourth-order valence-electron chi connectivity index (χ4n) is 3.49. The standard InChI is InChI=1S/C13H15ClFN/c14-11-4-2-1-3-10(11)13(15)7-12(8-13)5-9(16)6-12/h1-4,9H,5-8,16H2. The molecule has 1 aromatic carbocycles. The smallest absolute Gasteiger partial charge is 0.138 e. The monoisotopic (exact) mass is 239 g/mol. The molecule has 0 bridgehead atoms. The molecule has 3 rings (SSSR count). The SMILES string of the molecule is NC1CC2(C1)CC(F)(c1ccccc1Cl)C2. The van der Waals surface area contributed by atoms with Crippen molar-refractivity contribution in [2.45, 2.75) is 37.4 Å². The molecular weight excluding hydrogens is 225 g/mol. The second kappa shape index (κ2) is 3.21. The summed E-state index contributed by atoms with van der Waals surface area (Å²) in [5.41, 5.74) is 5.41. The molecule has 1 nitrogen and oxygen atoms in total. The molecule has 0 unspecified atom stereocenters. The molecule has 1 spiro atoms. The van der Waals surface area contributed by atoms with Gasteiger partial charge in [0.15, 0.2) is 0 Å². The number of benzene rings is 1. The molecule has 0 heterocycles. The third-order valence-corrected chi connectivity index (χ3v) is 4.39. The fourth-order valence-corrected chi connectivity index (χ4v) is 3.80. The van der Waals surface area contributed by atoms with Gasteiger partial charge in [0, 0.05) is 16.6 Å². The van der Waals surface area contributed by atoms with Gasteiger partial charge in [0.05, 0.1) is 0 Å². The minimum absolute atomic E-state index is 0.188. The number of hydrogen-bond donors (Lipinski definition) is 1. The summed E-state index contributed by atoms with van der Waals surface area (Å²) in [7, 11) is 0. The van der Waals surface area contributed by atoms with Gasteiger partial charge in [-0.25, -0.2) is 4.39 Å². The van der Waals surface area contributed by atoms with E-state index in [1.165, 1.54) is 0 Å². The van der Waals surface area contributed by atoms with Crippen molar-refractivity contribution < 1.29 is 4.39 Å². The van der Waals surface area contributed by atoms with E-state index < -0.39 is 5.67 Å². The summed E-state index contributed by atoms with van der Waals surface area (Å²) in [6.45, 7) is 0. The van der Waals surface area contributed by atoms with Crippen molar-refractivity contribution in [1.29, 1.82) is 0 Å². The second-order valence-electron chi connectivity index (χ2n) is 5.47. The Balaban J connectivity index is 1.80. The summed E-state index contributed by atoms with van der Waals surface area (Å²) in [4.78, 5) is 0. The van der Waals surface area contributed by atoms with E-state index in [4.69, 9.17) is 17.3 Å². The van der Waals surface area contributed by atoms with Crippen LogP contribution in [0.2, 0.25) is 5.02 Å². The Labute approximate surface area is 99.8 Å². The lowest BCUT2D eigenvalue weighted by Crippen LogP contribution is -2.58. The normalized spacial score (nSPS) is 41.6. The Hall–Kier alpha value is -0.600. The van der Waals surface area contributed by atoms with Crippen molar-refractivity contribution in [3.8, 4) is 0 Å². The maximum atomic E-state index is 14.6. The van der Waals surface area contributed by atoms with Crippen LogP contribution >= 0.6 is 11.6 Å². The Morgan fingerprint density at radius 3 is 2.44 bits per heavy atom. The second-order valence-corrected chi connectivity index (χ2v) is 5.87. The predicted octanol–water partition coefficient (Wildman–Crippen LogP) is 3.41. The van der Waals surface area contributed by atoms with Gasteiger partial charge in [-0.2, -0.15) is 0 Å². The molecule has 86 valence electrons. The van der Waals surface area contributed by atoms with Crippen molar-refractivity contribution in [3.63, 3.8) is 0 Å². The predicted molar refractivity (Wildman–Crippen MR) is 63.1 cm³/mol. The Morgan fingerprint density at radius 1 is 1.25 bits per heavy atom. The van der Waals surface area contributed by atoms with Crippen LogP contribution in [0.5, 0.6) is 0 Å². The number of alkyl halides is 1. The molecule has 2 saturated carbocycles. The molecule has 2 aliphatic rings. The van der Waals surface area contributed by atoms with Crippen LogP contribution < -0.4 is 5.73 Å². The first-order valence-electron chi connectivity index (χ1n) is 5.73. The minimum Gasteiger partial charge on any atom is -0.328 e. The zero-order valence-corrected chi connectivity index (χ0v) is 9.80. The number of halogens is 2. The van der Waals surface area contributed by atoms with E-state index in [1.54, 1.807) is 12.1 Å². The maximum Gasteiger partial charge on any atom is 0.138 e. The maximum absolute atomic E-state index is 14.6. The van der Waals surface area contributed by atoms with Gasteiger partial charge in [-0.05, 0) is 37.2 Å². The number of hydrogen-bond acceptors (Lipinski definition) is 1. The van der Waals surface area contributed by atoms with E-state index in [0.29, 0.717) is 23.4 Å². The van der Waals surface area contributed by atoms with E-state index in [0.717, 1.165) is 12.8 Å². The summed E-state index contributed by atoms with van der Waals surface area (Å²) in [6, 6.07) is 7.53. The summed E-state index contributed by atoms with van der Waals surface area (Å²) < 4.78 is 14.6. The molecule has 0 amide bonds. The van der Waals surface area contributed by atoms with Crippen molar-refractivity contribution in [1.82, 2.24) is 0 Å². The molecule has 2 N–H and O–H groups in total. The van der Waals surface area contributed by atoms with Crippen LogP contribution in [0, 0.1) is 5.41 Å². The van der Waals surface area contributed by atoms with Gasteiger partial charge in [0.25, 0.3) is 0 Å². The van der Waals surface area contributed by atoms with Crippen LogP contribution in [-0.4, -0.2) is 6.04 Å². The molecule has 0 radical (unpaired) electrons. The molecule has 0 aromatic heterocycles. The average Bonchev–Trinajstić information content (AvgIpc) is 2.13. The van der Waals surface area contributed by atoms with Crippen LogP contribution in [-0.2, 0) is 5.67 Å².